The SMILES string of the molecule is Cc1cccc(S(=O)(=O)[O-])c1C(C)C.[Na+]. The maximum Gasteiger partial charge on any atom is 1.00 e. The fraction of sp³-hybridized carbons (Fsp3) is 0.400. The molecule has 0 saturated carbocycles. The molecular formula is C10H13NaO3S. The van der Waals surface area contributed by atoms with Crippen LogP contribution in [0.25, 0.3) is 0 Å². The van der Waals surface area contributed by atoms with Crippen LogP contribution in [0.3, 0.4) is 0 Å². The Morgan fingerprint density at radius 3 is 2.13 bits per heavy atom. The summed E-state index contributed by atoms with van der Waals surface area (Å²) in [6.07, 6.45) is 0. The van der Waals surface area contributed by atoms with Gasteiger partial charge in [0.15, 0.2) is 0 Å². The zero-order valence-electron chi connectivity index (χ0n) is 9.44. The molecule has 0 aliphatic carbocycles. The molecule has 0 saturated heterocycles. The van der Waals surface area contributed by atoms with E-state index >= 15 is 0 Å². The number of benzene rings is 1. The molecule has 5 heteroatoms. The van der Waals surface area contributed by atoms with E-state index in [1.807, 2.05) is 26.8 Å². The molecule has 15 heavy (non-hydrogen) atoms. The molecule has 0 aromatic heterocycles. The third-order valence-corrected chi connectivity index (χ3v) is 3.03. The predicted molar refractivity (Wildman–Crippen MR) is 53.2 cm³/mol. The molecule has 0 fully saturated rings. The summed E-state index contributed by atoms with van der Waals surface area (Å²) in [7, 11) is -4.35. The summed E-state index contributed by atoms with van der Waals surface area (Å²) in [5.41, 5.74) is 1.47. The van der Waals surface area contributed by atoms with Gasteiger partial charge < -0.3 is 4.55 Å². The Kier molecular flexibility index (Phi) is 5.50. The van der Waals surface area contributed by atoms with Gasteiger partial charge in [0.2, 0.25) is 0 Å². The largest absolute Gasteiger partial charge is 1.00 e. The van der Waals surface area contributed by atoms with Gasteiger partial charge in [-0.15, -0.1) is 0 Å². The number of aryl methyl sites for hydroxylation is 1. The number of hydrogen-bond donors (Lipinski definition) is 0. The van der Waals surface area contributed by atoms with Crippen molar-refractivity contribution >= 4 is 10.1 Å². The molecule has 0 aliphatic rings. The minimum Gasteiger partial charge on any atom is -0.744 e. The molecule has 0 amide bonds. The summed E-state index contributed by atoms with van der Waals surface area (Å²) in [5, 5.41) is 0. The number of rotatable bonds is 2. The second-order valence-electron chi connectivity index (χ2n) is 3.60. The zero-order valence-corrected chi connectivity index (χ0v) is 12.3. The monoisotopic (exact) mass is 236 g/mol. The maximum atomic E-state index is 11.0. The summed E-state index contributed by atoms with van der Waals surface area (Å²) >= 11 is 0. The minimum absolute atomic E-state index is 0. The molecule has 0 aliphatic heterocycles. The first-order chi connectivity index (χ1) is 6.34. The van der Waals surface area contributed by atoms with Crippen LogP contribution in [-0.2, 0) is 10.1 Å². The van der Waals surface area contributed by atoms with E-state index in [9.17, 15) is 13.0 Å². The topological polar surface area (TPSA) is 57.2 Å². The Balaban J connectivity index is 0.00000196. The van der Waals surface area contributed by atoms with Crippen molar-refractivity contribution in [3.63, 3.8) is 0 Å². The van der Waals surface area contributed by atoms with E-state index in [2.05, 4.69) is 0 Å². The smallest absolute Gasteiger partial charge is 0.744 e. The van der Waals surface area contributed by atoms with Crippen LogP contribution in [0.4, 0.5) is 0 Å². The van der Waals surface area contributed by atoms with Crippen molar-refractivity contribution in [2.75, 3.05) is 0 Å². The summed E-state index contributed by atoms with van der Waals surface area (Å²) in [4.78, 5) is -0.0903. The van der Waals surface area contributed by atoms with Crippen LogP contribution >= 0.6 is 0 Å². The fourth-order valence-corrected chi connectivity index (χ4v) is 2.52. The Hall–Kier alpha value is 0.130. The van der Waals surface area contributed by atoms with Gasteiger partial charge in [0.1, 0.15) is 10.1 Å². The van der Waals surface area contributed by atoms with Gasteiger partial charge in [-0.25, -0.2) is 8.42 Å². The Morgan fingerprint density at radius 1 is 1.27 bits per heavy atom. The van der Waals surface area contributed by atoms with Gasteiger partial charge in [-0.2, -0.15) is 0 Å². The first-order valence-corrected chi connectivity index (χ1v) is 5.80. The van der Waals surface area contributed by atoms with Crippen LogP contribution < -0.4 is 29.6 Å². The van der Waals surface area contributed by atoms with E-state index in [-0.39, 0.29) is 40.4 Å². The molecule has 78 valence electrons. The maximum absolute atomic E-state index is 11.0. The van der Waals surface area contributed by atoms with E-state index in [4.69, 9.17) is 0 Å². The second-order valence-corrected chi connectivity index (χ2v) is 4.94. The van der Waals surface area contributed by atoms with Crippen LogP contribution in [0.5, 0.6) is 0 Å². The molecule has 0 atom stereocenters. The minimum atomic E-state index is -4.35. The Labute approximate surface area is 113 Å². The molecule has 0 unspecified atom stereocenters. The molecule has 0 radical (unpaired) electrons. The van der Waals surface area contributed by atoms with Crippen molar-refractivity contribution in [2.45, 2.75) is 31.6 Å². The average Bonchev–Trinajstić information content (AvgIpc) is 2.01. The molecule has 0 spiro atoms. The van der Waals surface area contributed by atoms with Crippen molar-refractivity contribution in [1.82, 2.24) is 0 Å². The second kappa shape index (κ2) is 5.46. The van der Waals surface area contributed by atoms with Gasteiger partial charge in [-0.05, 0) is 30.0 Å². The summed E-state index contributed by atoms with van der Waals surface area (Å²) < 4.78 is 32.9. The third kappa shape index (κ3) is 3.57. The van der Waals surface area contributed by atoms with Crippen molar-refractivity contribution < 1.29 is 42.5 Å². The van der Waals surface area contributed by atoms with E-state index < -0.39 is 10.1 Å². The van der Waals surface area contributed by atoms with Crippen LogP contribution in [-0.4, -0.2) is 13.0 Å². The van der Waals surface area contributed by atoms with Crippen molar-refractivity contribution in [2.24, 2.45) is 0 Å². The van der Waals surface area contributed by atoms with Crippen LogP contribution in [0, 0.1) is 6.92 Å². The summed E-state index contributed by atoms with van der Waals surface area (Å²) in [6.45, 7) is 5.55. The van der Waals surface area contributed by atoms with E-state index in [1.54, 1.807) is 6.07 Å². The van der Waals surface area contributed by atoms with Gasteiger partial charge in [-0.3, -0.25) is 0 Å². The summed E-state index contributed by atoms with van der Waals surface area (Å²) in [6, 6.07) is 4.76. The first-order valence-electron chi connectivity index (χ1n) is 4.39. The predicted octanol–water partition coefficient (Wildman–Crippen LogP) is -0.973. The summed E-state index contributed by atoms with van der Waals surface area (Å²) in [5.74, 6) is 0.0370. The van der Waals surface area contributed by atoms with Gasteiger partial charge in [0.25, 0.3) is 0 Å². The van der Waals surface area contributed by atoms with Gasteiger partial charge in [0.05, 0.1) is 4.90 Å². The van der Waals surface area contributed by atoms with Crippen LogP contribution in [0.2, 0.25) is 0 Å². The quantitative estimate of drug-likeness (QED) is 0.490. The number of hydrogen-bond acceptors (Lipinski definition) is 3. The molecule has 0 bridgehead atoms. The van der Waals surface area contributed by atoms with Crippen LogP contribution in [0.15, 0.2) is 23.1 Å². The van der Waals surface area contributed by atoms with Gasteiger partial charge in [-0.1, -0.05) is 26.0 Å². The van der Waals surface area contributed by atoms with E-state index in [1.165, 1.54) is 6.07 Å². The van der Waals surface area contributed by atoms with Gasteiger partial charge >= 0.3 is 29.6 Å². The van der Waals surface area contributed by atoms with E-state index in [0.717, 1.165) is 5.56 Å². The van der Waals surface area contributed by atoms with Gasteiger partial charge in [0, 0.05) is 0 Å². The fourth-order valence-electron chi connectivity index (χ4n) is 1.61. The normalized spacial score (nSPS) is 11.3. The Bertz CT molecular complexity index is 438. The zero-order chi connectivity index (χ0) is 10.9. The molecule has 0 N–H and O–H groups in total. The van der Waals surface area contributed by atoms with Crippen LogP contribution in [0.1, 0.15) is 30.9 Å². The Morgan fingerprint density at radius 2 is 1.80 bits per heavy atom. The molecule has 1 rings (SSSR count). The van der Waals surface area contributed by atoms with E-state index in [0.29, 0.717) is 5.56 Å². The van der Waals surface area contributed by atoms with Crippen molar-refractivity contribution in [3.05, 3.63) is 29.3 Å². The van der Waals surface area contributed by atoms with Crippen molar-refractivity contribution in [3.8, 4) is 0 Å². The molecule has 1 aromatic rings. The third-order valence-electron chi connectivity index (χ3n) is 2.13. The molecule has 1 aromatic carbocycles. The first kappa shape index (κ1) is 15.1. The standard InChI is InChI=1S/C10H14O3S.Na/c1-7(2)10-8(3)5-4-6-9(10)14(11,12)13;/h4-7H,1-3H3,(H,11,12,13);/q;+1/p-1. The average molecular weight is 236 g/mol. The van der Waals surface area contributed by atoms with Crippen molar-refractivity contribution in [1.29, 1.82) is 0 Å². The molecular weight excluding hydrogens is 223 g/mol. The molecule has 0 heterocycles. The molecule has 3 nitrogen and oxygen atoms in total.